The highest BCUT2D eigenvalue weighted by atomic mass is 35.5. The van der Waals surface area contributed by atoms with E-state index in [9.17, 15) is 9.59 Å². The maximum absolute atomic E-state index is 12.7. The molecule has 5 nitrogen and oxygen atoms in total. The van der Waals surface area contributed by atoms with Crippen molar-refractivity contribution in [3.63, 3.8) is 0 Å². The summed E-state index contributed by atoms with van der Waals surface area (Å²) in [6.45, 7) is 0.391. The van der Waals surface area contributed by atoms with Crippen LogP contribution in [0.15, 0.2) is 53.2 Å². The Morgan fingerprint density at radius 2 is 2.04 bits per heavy atom. The van der Waals surface area contributed by atoms with Crippen LogP contribution in [0.5, 0.6) is 0 Å². The Balaban J connectivity index is 0.00000243. The highest BCUT2D eigenvalue weighted by Gasteiger charge is 2.24. The Morgan fingerprint density at radius 1 is 1.23 bits per heavy atom. The van der Waals surface area contributed by atoms with Crippen LogP contribution in [0.1, 0.15) is 27.5 Å². The molecule has 0 radical (unpaired) electrons. The van der Waals surface area contributed by atoms with Crippen molar-refractivity contribution in [2.45, 2.75) is 12.6 Å². The number of nitrogens with two attached hydrogens (primary N) is 1. The number of thiophene rings is 1. The average Bonchev–Trinajstić information content (AvgIpc) is 3.18. The van der Waals surface area contributed by atoms with E-state index in [1.807, 2.05) is 35.0 Å². The molecule has 3 aromatic rings. The molecule has 26 heavy (non-hydrogen) atoms. The smallest absolute Gasteiger partial charge is 0.333 e. The molecule has 0 aliphatic heterocycles. The van der Waals surface area contributed by atoms with Crippen molar-refractivity contribution in [2.24, 2.45) is 5.73 Å². The summed E-state index contributed by atoms with van der Waals surface area (Å²) in [6, 6.07) is 12.2. The van der Waals surface area contributed by atoms with Gasteiger partial charge in [-0.3, -0.25) is 4.79 Å². The third kappa shape index (κ3) is 4.04. The van der Waals surface area contributed by atoms with Crippen molar-refractivity contribution in [1.82, 2.24) is 5.32 Å². The van der Waals surface area contributed by atoms with E-state index in [2.05, 4.69) is 5.32 Å². The number of halogens is 1. The zero-order valence-electron chi connectivity index (χ0n) is 14.1. The first kappa shape index (κ1) is 19.9. The second-order valence-electron chi connectivity index (χ2n) is 5.54. The summed E-state index contributed by atoms with van der Waals surface area (Å²) >= 11 is 1.45. The lowest BCUT2D eigenvalue weighted by Crippen LogP contribution is -2.34. The van der Waals surface area contributed by atoms with Gasteiger partial charge in [0.25, 0.3) is 5.91 Å². The van der Waals surface area contributed by atoms with Crippen molar-refractivity contribution in [2.75, 3.05) is 7.11 Å². The van der Waals surface area contributed by atoms with Gasteiger partial charge in [0.15, 0.2) is 6.04 Å². The number of carbonyl (C=O) groups excluding carboxylic acids is 2. The van der Waals surface area contributed by atoms with Gasteiger partial charge in [0, 0.05) is 12.1 Å². The Hall–Kier alpha value is -2.41. The molecule has 0 spiro atoms. The summed E-state index contributed by atoms with van der Waals surface area (Å²) in [5, 5.41) is 8.36. The number of amides is 1. The van der Waals surface area contributed by atoms with Crippen LogP contribution in [0.25, 0.3) is 10.8 Å². The Labute approximate surface area is 161 Å². The van der Waals surface area contributed by atoms with Gasteiger partial charge in [-0.2, -0.15) is 11.3 Å². The molecule has 7 heteroatoms. The number of fused-ring (bicyclic) bond motifs is 1. The fourth-order valence-corrected chi connectivity index (χ4v) is 3.39. The number of hydrogen-bond acceptors (Lipinski definition) is 5. The van der Waals surface area contributed by atoms with Crippen molar-refractivity contribution in [1.29, 1.82) is 0 Å². The number of benzene rings is 2. The second-order valence-corrected chi connectivity index (χ2v) is 6.32. The molecular weight excluding hydrogens is 372 g/mol. The lowest BCUT2D eigenvalue weighted by Gasteiger charge is -2.16. The van der Waals surface area contributed by atoms with Crippen molar-refractivity contribution >= 4 is 46.4 Å². The number of rotatable bonds is 5. The molecule has 1 unspecified atom stereocenters. The van der Waals surface area contributed by atoms with Crippen LogP contribution < -0.4 is 11.1 Å². The van der Waals surface area contributed by atoms with E-state index < -0.39 is 12.0 Å². The Morgan fingerprint density at radius 3 is 2.69 bits per heavy atom. The first-order valence-electron chi connectivity index (χ1n) is 7.76. The van der Waals surface area contributed by atoms with Gasteiger partial charge >= 0.3 is 5.97 Å². The van der Waals surface area contributed by atoms with Crippen LogP contribution in [0, 0.1) is 0 Å². The molecule has 1 heterocycles. The number of nitrogens with one attached hydrogen (secondary N) is 1. The predicted octanol–water partition coefficient (Wildman–Crippen LogP) is 3.43. The lowest BCUT2D eigenvalue weighted by atomic mass is 10.0. The summed E-state index contributed by atoms with van der Waals surface area (Å²) < 4.78 is 4.81. The highest BCUT2D eigenvalue weighted by molar-refractivity contribution is 7.08. The van der Waals surface area contributed by atoms with Gasteiger partial charge in [0.05, 0.1) is 7.11 Å². The number of hydrogen-bond donors (Lipinski definition) is 2. The molecule has 3 N–H and O–H groups in total. The summed E-state index contributed by atoms with van der Waals surface area (Å²) in [5.41, 5.74) is 7.92. The maximum Gasteiger partial charge on any atom is 0.333 e. The summed E-state index contributed by atoms with van der Waals surface area (Å²) in [5.74, 6) is -0.842. The molecular formula is C19H19ClN2O3S. The van der Waals surface area contributed by atoms with Gasteiger partial charge in [-0.05, 0) is 50.9 Å². The molecule has 0 aliphatic rings. The number of methoxy groups -OCH3 is 1. The quantitative estimate of drug-likeness (QED) is 0.654. The van der Waals surface area contributed by atoms with Gasteiger partial charge in [0.2, 0.25) is 0 Å². The molecule has 0 bridgehead atoms. The number of esters is 1. The molecule has 0 fully saturated rings. The van der Waals surface area contributed by atoms with E-state index in [1.54, 1.807) is 18.2 Å². The van der Waals surface area contributed by atoms with Crippen LogP contribution in [0.2, 0.25) is 0 Å². The number of carbonyl (C=O) groups is 2. The predicted molar refractivity (Wildman–Crippen MR) is 106 cm³/mol. The van der Waals surface area contributed by atoms with Gasteiger partial charge in [0.1, 0.15) is 0 Å². The Bertz CT molecular complexity index is 912. The van der Waals surface area contributed by atoms with Crippen LogP contribution in [-0.2, 0) is 16.1 Å². The highest BCUT2D eigenvalue weighted by Crippen LogP contribution is 2.22. The zero-order chi connectivity index (χ0) is 17.8. The van der Waals surface area contributed by atoms with Gasteiger partial charge in [-0.25, -0.2) is 4.79 Å². The second kappa shape index (κ2) is 8.80. The minimum Gasteiger partial charge on any atom is -0.467 e. The van der Waals surface area contributed by atoms with Crippen molar-refractivity contribution in [3.8, 4) is 0 Å². The van der Waals surface area contributed by atoms with Gasteiger partial charge in [-0.15, -0.1) is 12.4 Å². The standard InChI is InChI=1S/C19H18N2O3S.ClH/c1-24-19(23)17(15-7-8-25-11-15)21-18(22)13-6-5-12-3-2-4-14(10-20)16(12)9-13;/h2-9,11,17H,10,20H2,1H3,(H,21,22);1H. The maximum atomic E-state index is 12.7. The fourth-order valence-electron chi connectivity index (χ4n) is 2.71. The molecule has 136 valence electrons. The van der Waals surface area contributed by atoms with Crippen molar-refractivity contribution in [3.05, 3.63) is 69.9 Å². The lowest BCUT2D eigenvalue weighted by molar-refractivity contribution is -0.143. The minimum atomic E-state index is -0.829. The Kier molecular flexibility index (Phi) is 6.74. The van der Waals surface area contributed by atoms with Crippen LogP contribution in [0.4, 0.5) is 0 Å². The topological polar surface area (TPSA) is 81.4 Å². The first-order valence-corrected chi connectivity index (χ1v) is 8.71. The van der Waals surface area contributed by atoms with E-state index in [1.165, 1.54) is 18.4 Å². The molecule has 1 atom stereocenters. The van der Waals surface area contributed by atoms with Crippen molar-refractivity contribution < 1.29 is 14.3 Å². The molecule has 1 amide bonds. The van der Waals surface area contributed by atoms with E-state index in [-0.39, 0.29) is 18.3 Å². The largest absolute Gasteiger partial charge is 0.467 e. The molecule has 0 aliphatic carbocycles. The molecule has 3 rings (SSSR count). The SMILES string of the molecule is COC(=O)C(NC(=O)c1ccc2cccc(CN)c2c1)c1ccsc1.Cl. The third-order valence-electron chi connectivity index (χ3n) is 4.04. The van der Waals surface area contributed by atoms with E-state index >= 15 is 0 Å². The summed E-state index contributed by atoms with van der Waals surface area (Å²) in [4.78, 5) is 24.7. The van der Waals surface area contributed by atoms with Crippen LogP contribution in [-0.4, -0.2) is 19.0 Å². The summed E-state index contributed by atoms with van der Waals surface area (Å²) in [7, 11) is 1.30. The van der Waals surface area contributed by atoms with E-state index in [0.29, 0.717) is 17.7 Å². The molecule has 0 saturated heterocycles. The normalized spacial score (nSPS) is 11.5. The molecule has 1 aromatic heterocycles. The van der Waals surface area contributed by atoms with Crippen LogP contribution in [0.3, 0.4) is 0 Å². The van der Waals surface area contributed by atoms with E-state index in [4.69, 9.17) is 10.5 Å². The average molecular weight is 391 g/mol. The zero-order valence-corrected chi connectivity index (χ0v) is 15.7. The minimum absolute atomic E-state index is 0. The van der Waals surface area contributed by atoms with Crippen LogP contribution >= 0.6 is 23.7 Å². The fraction of sp³-hybridized carbons (Fsp3) is 0.158. The van der Waals surface area contributed by atoms with E-state index in [0.717, 1.165) is 16.3 Å². The number of ether oxygens (including phenoxy) is 1. The summed E-state index contributed by atoms with van der Waals surface area (Å²) in [6.07, 6.45) is 0. The first-order chi connectivity index (χ1) is 12.1. The molecule has 2 aromatic carbocycles. The molecule has 0 saturated carbocycles. The third-order valence-corrected chi connectivity index (χ3v) is 4.74. The van der Waals surface area contributed by atoms with Gasteiger partial charge in [-0.1, -0.05) is 24.3 Å². The van der Waals surface area contributed by atoms with Gasteiger partial charge < -0.3 is 15.8 Å². The monoisotopic (exact) mass is 390 g/mol.